The van der Waals surface area contributed by atoms with E-state index in [1.165, 1.54) is 0 Å². The number of rotatable bonds is 1. The molecule has 1 saturated heterocycles. The van der Waals surface area contributed by atoms with E-state index in [-0.39, 0.29) is 17.7 Å². The zero-order chi connectivity index (χ0) is 15.9. The van der Waals surface area contributed by atoms with Crippen LogP contribution in [-0.2, 0) is 16.0 Å². The van der Waals surface area contributed by atoms with Gasteiger partial charge in [-0.2, -0.15) is 0 Å². The molecule has 2 aliphatic heterocycles. The molecule has 1 aromatic carbocycles. The Morgan fingerprint density at radius 2 is 1.91 bits per heavy atom. The number of likely N-dealkylation sites (tertiary alicyclic amines) is 1. The maximum absolute atomic E-state index is 13.1. The van der Waals surface area contributed by atoms with Gasteiger partial charge in [0.25, 0.3) is 5.91 Å². The van der Waals surface area contributed by atoms with E-state index < -0.39 is 5.54 Å². The zero-order valence-corrected chi connectivity index (χ0v) is 13.5. The first kappa shape index (κ1) is 14.7. The Morgan fingerprint density at radius 3 is 2.74 bits per heavy atom. The summed E-state index contributed by atoms with van der Waals surface area (Å²) in [6, 6.07) is 7.98. The van der Waals surface area contributed by atoms with Gasteiger partial charge in [-0.3, -0.25) is 9.59 Å². The van der Waals surface area contributed by atoms with Gasteiger partial charge in [-0.1, -0.05) is 31.0 Å². The van der Waals surface area contributed by atoms with Crippen LogP contribution in [0.3, 0.4) is 0 Å². The number of hydrogen-bond acceptors (Lipinski definition) is 2. The number of nitrogens with zero attached hydrogens (tertiary/aromatic N) is 1. The highest BCUT2D eigenvalue weighted by Gasteiger charge is 2.51. The topological polar surface area (TPSA) is 49.4 Å². The van der Waals surface area contributed by atoms with Gasteiger partial charge in [0.05, 0.1) is 0 Å². The maximum Gasteiger partial charge on any atom is 0.250 e. The molecule has 0 bridgehead atoms. The van der Waals surface area contributed by atoms with Crippen LogP contribution < -0.4 is 5.32 Å². The van der Waals surface area contributed by atoms with E-state index in [1.54, 1.807) is 0 Å². The summed E-state index contributed by atoms with van der Waals surface area (Å²) in [5.74, 6) is 0.369. The van der Waals surface area contributed by atoms with Crippen LogP contribution in [0.25, 0.3) is 0 Å². The Balaban J connectivity index is 1.69. The molecule has 0 aromatic heterocycles. The molecule has 2 heterocycles. The van der Waals surface area contributed by atoms with Crippen LogP contribution in [0.1, 0.15) is 50.5 Å². The van der Waals surface area contributed by atoms with Crippen molar-refractivity contribution >= 4 is 17.5 Å². The number of amides is 2. The van der Waals surface area contributed by atoms with Crippen molar-refractivity contribution in [2.24, 2.45) is 5.92 Å². The summed E-state index contributed by atoms with van der Waals surface area (Å²) in [6.07, 6.45) is 7.74. The van der Waals surface area contributed by atoms with Crippen molar-refractivity contribution in [2.45, 2.75) is 56.9 Å². The number of benzene rings is 1. The van der Waals surface area contributed by atoms with Gasteiger partial charge >= 0.3 is 0 Å². The highest BCUT2D eigenvalue weighted by atomic mass is 16.2. The van der Waals surface area contributed by atoms with Crippen LogP contribution in [0.4, 0.5) is 5.69 Å². The number of nitrogens with one attached hydrogen (secondary N) is 1. The number of fused-ring (bicyclic) bond motifs is 1. The SMILES string of the molecule is O=C(C1CCCC1)N1CCCCC12Cc1ccccc1NC2=O. The van der Waals surface area contributed by atoms with E-state index in [1.807, 2.05) is 23.1 Å². The molecule has 2 fully saturated rings. The van der Waals surface area contributed by atoms with Gasteiger partial charge in [-0.25, -0.2) is 0 Å². The quantitative estimate of drug-likeness (QED) is 0.866. The van der Waals surface area contributed by atoms with Crippen LogP contribution in [0.15, 0.2) is 24.3 Å². The highest BCUT2D eigenvalue weighted by Crippen LogP contribution is 2.40. The fourth-order valence-corrected chi connectivity index (χ4v) is 4.60. The molecule has 1 aromatic rings. The summed E-state index contributed by atoms with van der Waals surface area (Å²) in [7, 11) is 0. The third-order valence-electron chi connectivity index (χ3n) is 5.88. The number of anilines is 1. The van der Waals surface area contributed by atoms with Gasteiger partial charge in [-0.15, -0.1) is 0 Å². The van der Waals surface area contributed by atoms with Gasteiger partial charge in [0.2, 0.25) is 5.91 Å². The highest BCUT2D eigenvalue weighted by molar-refractivity contribution is 6.03. The molecule has 3 aliphatic rings. The average molecular weight is 312 g/mol. The third kappa shape index (κ3) is 2.35. The molecule has 1 saturated carbocycles. The summed E-state index contributed by atoms with van der Waals surface area (Å²) in [6.45, 7) is 0.727. The lowest BCUT2D eigenvalue weighted by Crippen LogP contribution is -2.64. The van der Waals surface area contributed by atoms with Crippen molar-refractivity contribution in [1.82, 2.24) is 4.90 Å². The van der Waals surface area contributed by atoms with E-state index in [0.717, 1.165) is 62.7 Å². The lowest BCUT2D eigenvalue weighted by atomic mass is 9.77. The van der Waals surface area contributed by atoms with Crippen molar-refractivity contribution in [2.75, 3.05) is 11.9 Å². The zero-order valence-electron chi connectivity index (χ0n) is 13.5. The van der Waals surface area contributed by atoms with E-state index in [0.29, 0.717) is 6.42 Å². The van der Waals surface area contributed by atoms with Crippen molar-refractivity contribution < 1.29 is 9.59 Å². The van der Waals surface area contributed by atoms with Gasteiger partial charge < -0.3 is 10.2 Å². The second-order valence-corrected chi connectivity index (χ2v) is 7.25. The largest absolute Gasteiger partial charge is 0.327 e. The van der Waals surface area contributed by atoms with E-state index in [4.69, 9.17) is 0 Å². The first-order valence-electron chi connectivity index (χ1n) is 8.91. The van der Waals surface area contributed by atoms with Gasteiger partial charge in [0, 0.05) is 24.6 Å². The van der Waals surface area contributed by atoms with Crippen molar-refractivity contribution in [3.8, 4) is 0 Å². The van der Waals surface area contributed by atoms with Crippen LogP contribution in [0.2, 0.25) is 0 Å². The summed E-state index contributed by atoms with van der Waals surface area (Å²) < 4.78 is 0. The predicted octanol–water partition coefficient (Wildman–Crippen LogP) is 3.12. The Kier molecular flexibility index (Phi) is 3.63. The monoisotopic (exact) mass is 312 g/mol. The fourth-order valence-electron chi connectivity index (χ4n) is 4.60. The lowest BCUT2D eigenvalue weighted by Gasteiger charge is -2.49. The van der Waals surface area contributed by atoms with Gasteiger partial charge in [-0.05, 0) is 43.7 Å². The molecule has 1 unspecified atom stereocenters. The maximum atomic E-state index is 13.1. The lowest BCUT2D eigenvalue weighted by molar-refractivity contribution is -0.152. The average Bonchev–Trinajstić information content (AvgIpc) is 3.10. The number of hydrogen-bond donors (Lipinski definition) is 1. The third-order valence-corrected chi connectivity index (χ3v) is 5.88. The van der Waals surface area contributed by atoms with Crippen LogP contribution >= 0.6 is 0 Å². The van der Waals surface area contributed by atoms with Gasteiger partial charge in [0.1, 0.15) is 5.54 Å². The Bertz CT molecular complexity index is 636. The molecule has 4 nitrogen and oxygen atoms in total. The standard InChI is InChI=1S/C19H24N2O2/c22-17(14-7-1-2-8-14)21-12-6-5-11-19(21)13-15-9-3-4-10-16(15)20-18(19)23/h3-4,9-10,14H,1-2,5-8,11-13H2,(H,20,23). The Hall–Kier alpha value is -1.84. The molecule has 1 N–H and O–H groups in total. The molecule has 4 heteroatoms. The van der Waals surface area contributed by atoms with Gasteiger partial charge in [0.15, 0.2) is 0 Å². The minimum Gasteiger partial charge on any atom is -0.327 e. The van der Waals surface area contributed by atoms with Crippen LogP contribution in [0.5, 0.6) is 0 Å². The molecule has 122 valence electrons. The van der Waals surface area contributed by atoms with Crippen molar-refractivity contribution in [1.29, 1.82) is 0 Å². The molecule has 4 rings (SSSR count). The second-order valence-electron chi connectivity index (χ2n) is 7.25. The number of carbonyl (C=O) groups is 2. The molecule has 2 amide bonds. The van der Waals surface area contributed by atoms with Crippen LogP contribution in [0, 0.1) is 5.92 Å². The molecular formula is C19H24N2O2. The van der Waals surface area contributed by atoms with E-state index in [9.17, 15) is 9.59 Å². The summed E-state index contributed by atoms with van der Waals surface area (Å²) >= 11 is 0. The second kappa shape index (κ2) is 5.66. The molecule has 0 radical (unpaired) electrons. The minimum absolute atomic E-state index is 0.0160. The van der Waals surface area contributed by atoms with Crippen LogP contribution in [-0.4, -0.2) is 28.8 Å². The van der Waals surface area contributed by atoms with Crippen molar-refractivity contribution in [3.05, 3.63) is 29.8 Å². The Morgan fingerprint density at radius 1 is 1.13 bits per heavy atom. The van der Waals surface area contributed by atoms with E-state index >= 15 is 0 Å². The summed E-state index contributed by atoms with van der Waals surface area (Å²) in [5, 5.41) is 3.06. The summed E-state index contributed by atoms with van der Waals surface area (Å²) in [4.78, 5) is 28.0. The van der Waals surface area contributed by atoms with E-state index in [2.05, 4.69) is 11.4 Å². The fraction of sp³-hybridized carbons (Fsp3) is 0.579. The first-order chi connectivity index (χ1) is 11.2. The number of carbonyl (C=O) groups excluding carboxylic acids is 2. The minimum atomic E-state index is -0.660. The Labute approximate surface area is 137 Å². The summed E-state index contributed by atoms with van der Waals surface area (Å²) in [5.41, 5.74) is 1.40. The van der Waals surface area contributed by atoms with Crippen molar-refractivity contribution in [3.63, 3.8) is 0 Å². The molecular weight excluding hydrogens is 288 g/mol. The molecule has 1 atom stereocenters. The number of piperidine rings is 1. The molecule has 23 heavy (non-hydrogen) atoms. The molecule has 1 aliphatic carbocycles. The number of para-hydroxylation sites is 1. The first-order valence-corrected chi connectivity index (χ1v) is 8.91. The normalized spacial score (nSPS) is 27.8. The smallest absolute Gasteiger partial charge is 0.250 e. The molecule has 1 spiro atoms. The predicted molar refractivity (Wildman–Crippen MR) is 89.0 cm³/mol.